The standard InChI is InChI=1S/C24H21N5O5S/c1-32-19-13-15(14-20(33-2)21(19)34-3)25-22-17-11-7-8-12-18(17)29-23(26-22)24(27-28-29)35(30,31)16-9-5-4-6-10-16/h4-14H,1-3H3,(H,25,26). The van der Waals surface area contributed by atoms with Gasteiger partial charge in [0.25, 0.3) is 0 Å². The minimum atomic E-state index is -3.95. The van der Waals surface area contributed by atoms with Gasteiger partial charge in [0, 0.05) is 23.2 Å². The zero-order chi connectivity index (χ0) is 24.6. The second kappa shape index (κ2) is 8.76. The van der Waals surface area contributed by atoms with E-state index in [0.717, 1.165) is 0 Å². The molecule has 3 aromatic carbocycles. The fourth-order valence-electron chi connectivity index (χ4n) is 3.82. The van der Waals surface area contributed by atoms with Crippen LogP contribution in [-0.4, -0.2) is 49.6 Å². The quantitative estimate of drug-likeness (QED) is 0.362. The van der Waals surface area contributed by atoms with Crippen LogP contribution in [0.2, 0.25) is 0 Å². The minimum absolute atomic E-state index is 0.0995. The van der Waals surface area contributed by atoms with Crippen LogP contribution in [0.3, 0.4) is 0 Å². The number of sulfone groups is 1. The monoisotopic (exact) mass is 491 g/mol. The zero-order valence-electron chi connectivity index (χ0n) is 19.1. The molecule has 11 heteroatoms. The Balaban J connectivity index is 1.71. The van der Waals surface area contributed by atoms with Crippen molar-refractivity contribution in [1.82, 2.24) is 19.8 Å². The number of hydrogen-bond acceptors (Lipinski definition) is 9. The highest BCUT2D eigenvalue weighted by Crippen LogP contribution is 2.41. The van der Waals surface area contributed by atoms with Crippen molar-refractivity contribution in [2.75, 3.05) is 26.6 Å². The second-order valence-electron chi connectivity index (χ2n) is 7.46. The summed E-state index contributed by atoms with van der Waals surface area (Å²) >= 11 is 0. The molecule has 35 heavy (non-hydrogen) atoms. The molecule has 0 saturated heterocycles. The van der Waals surface area contributed by atoms with Gasteiger partial charge in [-0.2, -0.15) is 4.52 Å². The van der Waals surface area contributed by atoms with Crippen LogP contribution in [0.25, 0.3) is 16.6 Å². The van der Waals surface area contributed by atoms with E-state index in [2.05, 4.69) is 20.6 Å². The predicted molar refractivity (Wildman–Crippen MR) is 130 cm³/mol. The maximum absolute atomic E-state index is 13.3. The van der Waals surface area contributed by atoms with Crippen molar-refractivity contribution in [3.05, 3.63) is 66.7 Å². The van der Waals surface area contributed by atoms with E-state index in [1.807, 2.05) is 24.3 Å². The van der Waals surface area contributed by atoms with Crippen LogP contribution < -0.4 is 19.5 Å². The highest BCUT2D eigenvalue weighted by atomic mass is 32.2. The maximum atomic E-state index is 13.3. The lowest BCUT2D eigenvalue weighted by atomic mass is 10.2. The number of nitrogens with one attached hydrogen (secondary N) is 1. The second-order valence-corrected chi connectivity index (χ2v) is 9.33. The van der Waals surface area contributed by atoms with Gasteiger partial charge in [0.05, 0.1) is 31.7 Å². The first kappa shape index (κ1) is 22.4. The van der Waals surface area contributed by atoms with Gasteiger partial charge in [0.15, 0.2) is 17.1 Å². The van der Waals surface area contributed by atoms with Crippen molar-refractivity contribution in [3.63, 3.8) is 0 Å². The molecule has 0 spiro atoms. The number of aromatic nitrogens is 4. The summed E-state index contributed by atoms with van der Waals surface area (Å²) in [4.78, 5) is 4.75. The van der Waals surface area contributed by atoms with E-state index in [-0.39, 0.29) is 15.6 Å². The van der Waals surface area contributed by atoms with Crippen LogP contribution in [-0.2, 0) is 9.84 Å². The van der Waals surface area contributed by atoms with Gasteiger partial charge in [0.1, 0.15) is 5.82 Å². The van der Waals surface area contributed by atoms with Crippen molar-refractivity contribution in [3.8, 4) is 17.2 Å². The van der Waals surface area contributed by atoms with Gasteiger partial charge >= 0.3 is 0 Å². The van der Waals surface area contributed by atoms with Crippen LogP contribution in [0.15, 0.2) is 76.7 Å². The van der Waals surface area contributed by atoms with Crippen LogP contribution >= 0.6 is 0 Å². The van der Waals surface area contributed by atoms with Gasteiger partial charge in [-0.15, -0.1) is 5.10 Å². The van der Waals surface area contributed by atoms with E-state index in [1.54, 1.807) is 30.3 Å². The first-order valence-electron chi connectivity index (χ1n) is 10.5. The summed E-state index contributed by atoms with van der Waals surface area (Å²) < 4.78 is 44.4. The average Bonchev–Trinajstić information content (AvgIpc) is 3.33. The Bertz CT molecular complexity index is 1630. The third-order valence-corrected chi connectivity index (χ3v) is 7.12. The molecule has 5 rings (SSSR count). The molecule has 0 aliphatic rings. The number of nitrogens with zero attached hydrogens (tertiary/aromatic N) is 4. The summed E-state index contributed by atoms with van der Waals surface area (Å²) in [7, 11) is 0.628. The molecule has 0 atom stereocenters. The van der Waals surface area contributed by atoms with E-state index < -0.39 is 9.84 Å². The molecule has 2 aromatic heterocycles. The number of fused-ring (bicyclic) bond motifs is 3. The van der Waals surface area contributed by atoms with Gasteiger partial charge in [0.2, 0.25) is 20.6 Å². The van der Waals surface area contributed by atoms with Crippen LogP contribution in [0, 0.1) is 0 Å². The lowest BCUT2D eigenvalue weighted by Gasteiger charge is -2.16. The highest BCUT2D eigenvalue weighted by molar-refractivity contribution is 7.91. The number of methoxy groups -OCH3 is 3. The number of benzene rings is 3. The Morgan fingerprint density at radius 2 is 1.51 bits per heavy atom. The number of hydrogen-bond donors (Lipinski definition) is 1. The smallest absolute Gasteiger partial charge is 0.229 e. The molecule has 0 fully saturated rings. The number of rotatable bonds is 7. The third-order valence-electron chi connectivity index (χ3n) is 5.46. The van der Waals surface area contributed by atoms with Crippen molar-refractivity contribution >= 4 is 37.9 Å². The van der Waals surface area contributed by atoms with Crippen molar-refractivity contribution in [2.45, 2.75) is 9.92 Å². The van der Waals surface area contributed by atoms with E-state index >= 15 is 0 Å². The van der Waals surface area contributed by atoms with E-state index in [4.69, 9.17) is 14.2 Å². The van der Waals surface area contributed by atoms with Gasteiger partial charge in [-0.1, -0.05) is 35.5 Å². The van der Waals surface area contributed by atoms with Crippen molar-refractivity contribution < 1.29 is 22.6 Å². The Kier molecular flexibility index (Phi) is 5.61. The molecule has 0 amide bonds. The minimum Gasteiger partial charge on any atom is -0.493 e. The van der Waals surface area contributed by atoms with Gasteiger partial charge < -0.3 is 19.5 Å². The summed E-state index contributed by atoms with van der Waals surface area (Å²) in [5.74, 6) is 1.77. The topological polar surface area (TPSA) is 117 Å². The van der Waals surface area contributed by atoms with Crippen LogP contribution in [0.1, 0.15) is 0 Å². The Hall–Kier alpha value is -4.38. The molecule has 178 valence electrons. The Labute approximate surface area is 201 Å². The fourth-order valence-corrected chi connectivity index (χ4v) is 5.07. The zero-order valence-corrected chi connectivity index (χ0v) is 19.9. The first-order valence-corrected chi connectivity index (χ1v) is 12.0. The van der Waals surface area contributed by atoms with E-state index in [9.17, 15) is 8.42 Å². The molecule has 10 nitrogen and oxygen atoms in total. The van der Waals surface area contributed by atoms with Crippen molar-refractivity contribution in [2.24, 2.45) is 0 Å². The van der Waals surface area contributed by atoms with Crippen LogP contribution in [0.4, 0.5) is 11.5 Å². The third kappa shape index (κ3) is 3.75. The summed E-state index contributed by atoms with van der Waals surface area (Å²) in [6, 6.07) is 18.9. The summed E-state index contributed by atoms with van der Waals surface area (Å²) in [5.41, 5.74) is 1.33. The van der Waals surface area contributed by atoms with Gasteiger partial charge in [-0.25, -0.2) is 13.4 Å². The molecule has 0 aliphatic heterocycles. The summed E-state index contributed by atoms with van der Waals surface area (Å²) in [6.07, 6.45) is 0. The molecule has 1 N–H and O–H groups in total. The fraction of sp³-hybridized carbons (Fsp3) is 0.125. The molecular weight excluding hydrogens is 470 g/mol. The van der Waals surface area contributed by atoms with E-state index in [0.29, 0.717) is 39.7 Å². The van der Waals surface area contributed by atoms with Gasteiger partial charge in [-0.05, 0) is 24.3 Å². The average molecular weight is 492 g/mol. The van der Waals surface area contributed by atoms with Crippen LogP contribution in [0.5, 0.6) is 17.2 Å². The summed E-state index contributed by atoms with van der Waals surface area (Å²) in [5, 5.41) is 11.8. The molecule has 0 aliphatic carbocycles. The van der Waals surface area contributed by atoms with Gasteiger partial charge in [-0.3, -0.25) is 0 Å². The van der Waals surface area contributed by atoms with Crippen molar-refractivity contribution in [1.29, 1.82) is 0 Å². The number of para-hydroxylation sites is 1. The molecule has 2 heterocycles. The molecule has 0 bridgehead atoms. The number of anilines is 2. The molecule has 5 aromatic rings. The largest absolute Gasteiger partial charge is 0.493 e. The number of ether oxygens (including phenoxy) is 3. The summed E-state index contributed by atoms with van der Waals surface area (Å²) in [6.45, 7) is 0. The normalized spacial score (nSPS) is 11.5. The molecule has 0 unspecified atom stereocenters. The molecular formula is C24H21N5O5S. The Morgan fingerprint density at radius 3 is 2.17 bits per heavy atom. The SMILES string of the molecule is COc1cc(Nc2nc3c(S(=O)(=O)c4ccccc4)nnn3c3ccccc23)cc(OC)c1OC. The first-order chi connectivity index (χ1) is 17.0. The lowest BCUT2D eigenvalue weighted by molar-refractivity contribution is 0.324. The maximum Gasteiger partial charge on any atom is 0.229 e. The Morgan fingerprint density at radius 1 is 0.857 bits per heavy atom. The molecule has 0 radical (unpaired) electrons. The molecule has 0 saturated carbocycles. The van der Waals surface area contributed by atoms with E-state index in [1.165, 1.54) is 38.0 Å². The predicted octanol–water partition coefficient (Wildman–Crippen LogP) is 3.88. The highest BCUT2D eigenvalue weighted by Gasteiger charge is 2.27. The lowest BCUT2D eigenvalue weighted by Crippen LogP contribution is -2.06.